The van der Waals surface area contributed by atoms with Gasteiger partial charge in [-0.25, -0.2) is 0 Å². The smallest absolute Gasteiger partial charge is 0.234 e. The third kappa shape index (κ3) is 4.75. The highest BCUT2D eigenvalue weighted by Crippen LogP contribution is 2.17. The van der Waals surface area contributed by atoms with E-state index < -0.39 is 0 Å². The second kappa shape index (κ2) is 7.08. The summed E-state index contributed by atoms with van der Waals surface area (Å²) in [6, 6.07) is 5.40. The maximum Gasteiger partial charge on any atom is 0.234 e. The van der Waals surface area contributed by atoms with Gasteiger partial charge in [0.1, 0.15) is 0 Å². The van der Waals surface area contributed by atoms with Crippen molar-refractivity contribution in [1.29, 1.82) is 0 Å². The lowest BCUT2D eigenvalue weighted by Crippen LogP contribution is -2.34. The van der Waals surface area contributed by atoms with E-state index in [1.54, 1.807) is 6.07 Å². The largest absolute Gasteiger partial charge is 0.399 e. The summed E-state index contributed by atoms with van der Waals surface area (Å²) >= 11 is 0. The van der Waals surface area contributed by atoms with Crippen LogP contribution < -0.4 is 16.4 Å². The zero-order valence-corrected chi connectivity index (χ0v) is 12.3. The molecule has 1 aliphatic rings. The first kappa shape index (κ1) is 15.3. The topological polar surface area (TPSA) is 87.5 Å². The van der Waals surface area contributed by atoms with E-state index in [0.29, 0.717) is 31.7 Å². The monoisotopic (exact) mass is 290 g/mol. The average Bonchev–Trinajstić information content (AvgIpc) is 2.64. The van der Waals surface area contributed by atoms with Crippen LogP contribution in [-0.2, 0) is 9.59 Å². The van der Waals surface area contributed by atoms with Crippen LogP contribution in [0.4, 0.5) is 11.4 Å². The first-order valence-electron chi connectivity index (χ1n) is 7.19. The first-order valence-corrected chi connectivity index (χ1v) is 7.19. The number of aryl methyl sites for hydroxylation is 1. The number of hydrogen-bond donors (Lipinski definition) is 3. The van der Waals surface area contributed by atoms with E-state index in [-0.39, 0.29) is 11.8 Å². The minimum Gasteiger partial charge on any atom is -0.399 e. The maximum atomic E-state index is 12.0. The molecule has 1 aromatic carbocycles. The molecular weight excluding hydrogens is 268 g/mol. The van der Waals surface area contributed by atoms with Crippen molar-refractivity contribution >= 4 is 23.2 Å². The molecule has 2 amide bonds. The number of carbonyl (C=O) groups excluding carboxylic acids is 2. The summed E-state index contributed by atoms with van der Waals surface area (Å²) in [5.41, 5.74) is 8.09. The van der Waals surface area contributed by atoms with Crippen LogP contribution in [-0.4, -0.2) is 42.9 Å². The molecule has 6 nitrogen and oxygen atoms in total. The van der Waals surface area contributed by atoms with Gasteiger partial charge in [0, 0.05) is 37.4 Å². The highest BCUT2D eigenvalue weighted by molar-refractivity contribution is 5.91. The molecule has 0 aliphatic carbocycles. The van der Waals surface area contributed by atoms with Crippen molar-refractivity contribution in [2.75, 3.05) is 37.2 Å². The number of nitrogens with two attached hydrogens (primary N) is 1. The highest BCUT2D eigenvalue weighted by Gasteiger charge is 2.15. The van der Waals surface area contributed by atoms with Crippen molar-refractivity contribution in [2.24, 2.45) is 0 Å². The lowest BCUT2D eigenvalue weighted by molar-refractivity contribution is -0.122. The number of carbonyl (C=O) groups is 2. The third-order valence-corrected chi connectivity index (χ3v) is 3.52. The van der Waals surface area contributed by atoms with Crippen molar-refractivity contribution in [3.05, 3.63) is 23.8 Å². The molecule has 1 aromatic rings. The Balaban J connectivity index is 1.82. The summed E-state index contributed by atoms with van der Waals surface area (Å²) in [6.45, 7) is 4.42. The van der Waals surface area contributed by atoms with Crippen LogP contribution in [0.1, 0.15) is 18.4 Å². The van der Waals surface area contributed by atoms with Gasteiger partial charge >= 0.3 is 0 Å². The van der Waals surface area contributed by atoms with Gasteiger partial charge in [-0.1, -0.05) is 0 Å². The number of amides is 2. The lowest BCUT2D eigenvalue weighted by Gasteiger charge is -2.18. The van der Waals surface area contributed by atoms with E-state index in [2.05, 4.69) is 10.6 Å². The van der Waals surface area contributed by atoms with Crippen LogP contribution in [0, 0.1) is 6.92 Å². The Morgan fingerprint density at radius 2 is 2.29 bits per heavy atom. The minimum atomic E-state index is -0.0486. The average molecular weight is 290 g/mol. The fraction of sp³-hybridized carbons (Fsp3) is 0.467. The fourth-order valence-electron chi connectivity index (χ4n) is 2.36. The zero-order chi connectivity index (χ0) is 15.2. The molecule has 1 saturated heterocycles. The van der Waals surface area contributed by atoms with Crippen molar-refractivity contribution in [2.45, 2.75) is 19.8 Å². The van der Waals surface area contributed by atoms with Crippen molar-refractivity contribution in [3.63, 3.8) is 0 Å². The van der Waals surface area contributed by atoms with E-state index in [1.165, 1.54) is 0 Å². The number of rotatable bonds is 4. The highest BCUT2D eigenvalue weighted by atomic mass is 16.2. The number of nitrogen functional groups attached to an aromatic ring is 1. The molecule has 114 valence electrons. The van der Waals surface area contributed by atoms with Crippen LogP contribution in [0.5, 0.6) is 0 Å². The number of nitrogens with one attached hydrogen (secondary N) is 2. The normalized spacial score (nSPS) is 16.1. The van der Waals surface area contributed by atoms with Crippen LogP contribution in [0.3, 0.4) is 0 Å². The van der Waals surface area contributed by atoms with E-state index >= 15 is 0 Å². The summed E-state index contributed by atoms with van der Waals surface area (Å²) in [5, 5.41) is 5.70. The molecule has 1 fully saturated rings. The molecule has 0 atom stereocenters. The number of nitrogens with zero attached hydrogens (tertiary/aromatic N) is 1. The molecule has 0 spiro atoms. The van der Waals surface area contributed by atoms with Crippen LogP contribution >= 0.6 is 0 Å². The van der Waals surface area contributed by atoms with Crippen molar-refractivity contribution in [1.82, 2.24) is 10.2 Å². The summed E-state index contributed by atoms with van der Waals surface area (Å²) in [4.78, 5) is 25.4. The molecule has 4 N–H and O–H groups in total. The Bertz CT molecular complexity index is 530. The Morgan fingerprint density at radius 3 is 3.05 bits per heavy atom. The first-order chi connectivity index (χ1) is 10.0. The summed E-state index contributed by atoms with van der Waals surface area (Å²) in [6.07, 6.45) is 1.29. The maximum absolute atomic E-state index is 12.0. The van der Waals surface area contributed by atoms with Gasteiger partial charge in [0.15, 0.2) is 0 Å². The number of benzene rings is 1. The van der Waals surface area contributed by atoms with Crippen molar-refractivity contribution < 1.29 is 9.59 Å². The van der Waals surface area contributed by atoms with Gasteiger partial charge in [-0.15, -0.1) is 0 Å². The molecule has 0 aromatic heterocycles. The molecule has 0 unspecified atom stereocenters. The molecule has 21 heavy (non-hydrogen) atoms. The van der Waals surface area contributed by atoms with Crippen LogP contribution in [0.2, 0.25) is 0 Å². The molecule has 2 rings (SSSR count). The Labute approximate surface area is 124 Å². The molecule has 1 heterocycles. The predicted octanol–water partition coefficient (Wildman–Crippen LogP) is 0.728. The molecule has 1 aliphatic heterocycles. The standard InChI is InChI=1S/C15H22N4O2/c1-11-9-12(16)3-4-13(11)18-14(20)5-8-19-7-2-6-17-15(21)10-19/h3-4,9H,2,5-8,10,16H2,1H3,(H,17,21)(H,18,20). The van der Waals surface area contributed by atoms with Gasteiger partial charge < -0.3 is 16.4 Å². The van der Waals surface area contributed by atoms with Crippen LogP contribution in [0.25, 0.3) is 0 Å². The summed E-state index contributed by atoms with van der Waals surface area (Å²) in [7, 11) is 0. The Kier molecular flexibility index (Phi) is 5.16. The van der Waals surface area contributed by atoms with Gasteiger partial charge in [-0.05, 0) is 37.1 Å². The molecule has 0 bridgehead atoms. The van der Waals surface area contributed by atoms with Gasteiger partial charge in [-0.3, -0.25) is 14.5 Å². The second-order valence-electron chi connectivity index (χ2n) is 5.35. The van der Waals surface area contributed by atoms with Crippen LogP contribution in [0.15, 0.2) is 18.2 Å². The minimum absolute atomic E-state index is 0.0299. The van der Waals surface area contributed by atoms with E-state index in [1.807, 2.05) is 24.0 Å². The molecule has 6 heteroatoms. The Hall–Kier alpha value is -2.08. The van der Waals surface area contributed by atoms with Gasteiger partial charge in [0.05, 0.1) is 6.54 Å². The third-order valence-electron chi connectivity index (χ3n) is 3.52. The number of anilines is 2. The van der Waals surface area contributed by atoms with E-state index in [4.69, 9.17) is 5.73 Å². The predicted molar refractivity (Wildman–Crippen MR) is 82.9 cm³/mol. The van der Waals surface area contributed by atoms with E-state index in [9.17, 15) is 9.59 Å². The van der Waals surface area contributed by atoms with Crippen molar-refractivity contribution in [3.8, 4) is 0 Å². The SMILES string of the molecule is Cc1cc(N)ccc1NC(=O)CCN1CCCNC(=O)C1. The van der Waals surface area contributed by atoms with Gasteiger partial charge in [0.2, 0.25) is 11.8 Å². The van der Waals surface area contributed by atoms with E-state index in [0.717, 1.165) is 24.2 Å². The fourth-order valence-corrected chi connectivity index (χ4v) is 2.36. The summed E-state index contributed by atoms with van der Waals surface area (Å²) in [5.74, 6) is -0.0187. The summed E-state index contributed by atoms with van der Waals surface area (Å²) < 4.78 is 0. The molecule has 0 radical (unpaired) electrons. The molecular formula is C15H22N4O2. The lowest BCUT2D eigenvalue weighted by atomic mass is 10.1. The molecule has 0 saturated carbocycles. The quantitative estimate of drug-likeness (QED) is 0.713. The number of hydrogen-bond acceptors (Lipinski definition) is 4. The second-order valence-corrected chi connectivity index (χ2v) is 5.35. The Morgan fingerprint density at radius 1 is 1.48 bits per heavy atom. The van der Waals surface area contributed by atoms with Gasteiger partial charge in [0.25, 0.3) is 0 Å². The zero-order valence-electron chi connectivity index (χ0n) is 12.3. The van der Waals surface area contributed by atoms with Gasteiger partial charge in [-0.2, -0.15) is 0 Å².